The number of carbonyl (C=O) groups is 1. The summed E-state index contributed by atoms with van der Waals surface area (Å²) in [6, 6.07) is 12.0. The SMILES string of the molecule is COc1cccc(CC(=O)N2C3CCC2Cn2c(nnc2-c2cccnc2)C3)c1. The maximum absolute atomic E-state index is 13.2. The molecular weight excluding hydrogens is 366 g/mol. The van der Waals surface area contributed by atoms with Gasteiger partial charge in [0.25, 0.3) is 0 Å². The second kappa shape index (κ2) is 7.31. The summed E-state index contributed by atoms with van der Waals surface area (Å²) in [5, 5.41) is 8.86. The molecule has 0 N–H and O–H groups in total. The molecule has 2 aliphatic heterocycles. The van der Waals surface area contributed by atoms with Crippen molar-refractivity contribution in [3.05, 3.63) is 60.2 Å². The van der Waals surface area contributed by atoms with Crippen LogP contribution in [-0.2, 0) is 24.2 Å². The van der Waals surface area contributed by atoms with E-state index in [-0.39, 0.29) is 18.0 Å². The number of rotatable bonds is 4. The lowest BCUT2D eigenvalue weighted by Crippen LogP contribution is -2.42. The molecule has 2 bridgehead atoms. The number of amides is 1. The molecule has 2 aromatic heterocycles. The Morgan fingerprint density at radius 3 is 2.90 bits per heavy atom. The van der Waals surface area contributed by atoms with Crippen molar-refractivity contribution >= 4 is 5.91 Å². The molecule has 0 radical (unpaired) electrons. The van der Waals surface area contributed by atoms with Crippen LogP contribution in [0.5, 0.6) is 5.75 Å². The van der Waals surface area contributed by atoms with Gasteiger partial charge < -0.3 is 14.2 Å². The molecule has 0 saturated carbocycles. The molecule has 5 rings (SSSR count). The summed E-state index contributed by atoms with van der Waals surface area (Å²) in [5.41, 5.74) is 1.94. The van der Waals surface area contributed by atoms with Crippen LogP contribution in [0.1, 0.15) is 24.2 Å². The Hall–Kier alpha value is -3.22. The summed E-state index contributed by atoms with van der Waals surface area (Å²) in [7, 11) is 1.64. The first-order chi connectivity index (χ1) is 14.2. The molecule has 4 heterocycles. The highest BCUT2D eigenvalue weighted by Crippen LogP contribution is 2.33. The molecule has 1 fully saturated rings. The molecule has 2 aliphatic rings. The normalized spacial score (nSPS) is 20.2. The van der Waals surface area contributed by atoms with Crippen molar-refractivity contribution in [3.63, 3.8) is 0 Å². The van der Waals surface area contributed by atoms with E-state index in [4.69, 9.17) is 4.74 Å². The van der Waals surface area contributed by atoms with Gasteiger partial charge in [0, 0.05) is 37.0 Å². The maximum atomic E-state index is 13.2. The van der Waals surface area contributed by atoms with Crippen molar-refractivity contribution in [2.75, 3.05) is 7.11 Å². The zero-order valence-electron chi connectivity index (χ0n) is 16.4. The number of aromatic nitrogens is 4. The third-order valence-corrected chi connectivity index (χ3v) is 5.96. The fourth-order valence-corrected chi connectivity index (χ4v) is 4.60. The van der Waals surface area contributed by atoms with Gasteiger partial charge in [-0.2, -0.15) is 0 Å². The smallest absolute Gasteiger partial charge is 0.227 e. The summed E-state index contributed by atoms with van der Waals surface area (Å²) in [6.45, 7) is 0.729. The lowest BCUT2D eigenvalue weighted by atomic mass is 10.1. The molecule has 2 atom stereocenters. The molecule has 0 spiro atoms. The van der Waals surface area contributed by atoms with Gasteiger partial charge in [-0.25, -0.2) is 0 Å². The van der Waals surface area contributed by atoms with Crippen LogP contribution in [0.4, 0.5) is 0 Å². The number of benzene rings is 1. The molecule has 7 heteroatoms. The first-order valence-corrected chi connectivity index (χ1v) is 9.99. The highest BCUT2D eigenvalue weighted by molar-refractivity contribution is 5.80. The van der Waals surface area contributed by atoms with E-state index in [1.165, 1.54) is 0 Å². The maximum Gasteiger partial charge on any atom is 0.227 e. The van der Waals surface area contributed by atoms with Crippen LogP contribution in [0, 0.1) is 0 Å². The summed E-state index contributed by atoms with van der Waals surface area (Å²) in [5.74, 6) is 2.74. The summed E-state index contributed by atoms with van der Waals surface area (Å²) < 4.78 is 7.47. The van der Waals surface area contributed by atoms with Gasteiger partial charge in [0.1, 0.15) is 11.6 Å². The minimum Gasteiger partial charge on any atom is -0.497 e. The number of ether oxygens (including phenoxy) is 1. The second-order valence-electron chi connectivity index (χ2n) is 7.71. The number of nitrogens with zero attached hydrogens (tertiary/aromatic N) is 5. The van der Waals surface area contributed by atoms with Gasteiger partial charge in [-0.1, -0.05) is 12.1 Å². The van der Waals surface area contributed by atoms with Gasteiger partial charge in [0.2, 0.25) is 5.91 Å². The van der Waals surface area contributed by atoms with Crippen LogP contribution in [0.2, 0.25) is 0 Å². The van der Waals surface area contributed by atoms with Gasteiger partial charge in [-0.3, -0.25) is 9.78 Å². The predicted molar refractivity (Wildman–Crippen MR) is 107 cm³/mol. The number of methoxy groups -OCH3 is 1. The lowest BCUT2D eigenvalue weighted by molar-refractivity contribution is -0.133. The van der Waals surface area contributed by atoms with Crippen LogP contribution in [-0.4, -0.2) is 49.7 Å². The first kappa shape index (κ1) is 17.8. The van der Waals surface area contributed by atoms with Gasteiger partial charge in [-0.05, 0) is 42.7 Å². The second-order valence-corrected chi connectivity index (χ2v) is 7.71. The molecule has 29 heavy (non-hydrogen) atoms. The fourth-order valence-electron chi connectivity index (χ4n) is 4.60. The Morgan fingerprint density at radius 1 is 1.17 bits per heavy atom. The number of fused-ring (bicyclic) bond motifs is 3. The number of carbonyl (C=O) groups excluding carboxylic acids is 1. The Balaban J connectivity index is 1.40. The van der Waals surface area contributed by atoms with E-state index in [2.05, 4.69) is 24.6 Å². The van der Waals surface area contributed by atoms with Gasteiger partial charge in [0.15, 0.2) is 5.82 Å². The highest BCUT2D eigenvalue weighted by atomic mass is 16.5. The minimum absolute atomic E-state index is 0.172. The summed E-state index contributed by atoms with van der Waals surface area (Å²) >= 11 is 0. The van der Waals surface area contributed by atoms with E-state index in [1.54, 1.807) is 13.3 Å². The quantitative estimate of drug-likeness (QED) is 0.686. The molecule has 1 saturated heterocycles. The Bertz CT molecular complexity index is 1030. The van der Waals surface area contributed by atoms with E-state index in [0.29, 0.717) is 6.42 Å². The largest absolute Gasteiger partial charge is 0.497 e. The Kier molecular flexibility index (Phi) is 4.50. The average Bonchev–Trinajstić information content (AvgIpc) is 3.28. The fraction of sp³-hybridized carbons (Fsp3) is 0.364. The van der Waals surface area contributed by atoms with Gasteiger partial charge >= 0.3 is 0 Å². The van der Waals surface area contributed by atoms with E-state index in [1.807, 2.05) is 42.6 Å². The third kappa shape index (κ3) is 3.26. The number of hydrogen-bond acceptors (Lipinski definition) is 5. The van der Waals surface area contributed by atoms with E-state index in [0.717, 1.165) is 54.3 Å². The summed E-state index contributed by atoms with van der Waals surface area (Å²) in [4.78, 5) is 19.5. The van der Waals surface area contributed by atoms with Crippen molar-refractivity contribution in [2.45, 2.75) is 44.3 Å². The monoisotopic (exact) mass is 389 g/mol. The molecule has 0 aliphatic carbocycles. The molecule has 148 valence electrons. The summed E-state index contributed by atoms with van der Waals surface area (Å²) in [6.07, 6.45) is 6.73. The number of pyridine rings is 1. The third-order valence-electron chi connectivity index (χ3n) is 5.96. The first-order valence-electron chi connectivity index (χ1n) is 9.99. The zero-order valence-corrected chi connectivity index (χ0v) is 16.4. The predicted octanol–water partition coefficient (Wildman–Crippen LogP) is 2.51. The van der Waals surface area contributed by atoms with Crippen LogP contribution in [0.15, 0.2) is 48.8 Å². The average molecular weight is 389 g/mol. The van der Waals surface area contributed by atoms with Crippen LogP contribution >= 0.6 is 0 Å². The van der Waals surface area contributed by atoms with Crippen molar-refractivity contribution < 1.29 is 9.53 Å². The van der Waals surface area contributed by atoms with Gasteiger partial charge in [0.05, 0.1) is 19.6 Å². The molecular formula is C22H23N5O2. The Morgan fingerprint density at radius 2 is 2.07 bits per heavy atom. The van der Waals surface area contributed by atoms with Crippen LogP contribution < -0.4 is 4.74 Å². The standard InChI is InChI=1S/C22H23N5O2/c1-29-19-6-2-4-15(10-19)11-21(28)27-17-7-8-18(27)14-26-20(12-17)24-25-22(26)16-5-3-9-23-13-16/h2-6,9-10,13,17-18H,7-8,11-12,14H2,1H3. The molecule has 3 aromatic rings. The highest BCUT2D eigenvalue weighted by Gasteiger charge is 2.41. The van der Waals surface area contributed by atoms with Crippen molar-refractivity contribution in [3.8, 4) is 17.1 Å². The molecule has 1 amide bonds. The van der Waals surface area contributed by atoms with Crippen molar-refractivity contribution in [1.29, 1.82) is 0 Å². The van der Waals surface area contributed by atoms with Crippen LogP contribution in [0.25, 0.3) is 11.4 Å². The minimum atomic E-state index is 0.172. The van der Waals surface area contributed by atoms with E-state index in [9.17, 15) is 4.79 Å². The topological polar surface area (TPSA) is 73.1 Å². The molecule has 1 aromatic carbocycles. The zero-order chi connectivity index (χ0) is 19.8. The van der Waals surface area contributed by atoms with Crippen LogP contribution in [0.3, 0.4) is 0 Å². The van der Waals surface area contributed by atoms with Gasteiger partial charge in [-0.15, -0.1) is 10.2 Å². The van der Waals surface area contributed by atoms with E-state index < -0.39 is 0 Å². The molecule has 2 unspecified atom stereocenters. The Labute approximate surface area is 169 Å². The van der Waals surface area contributed by atoms with Crippen molar-refractivity contribution in [1.82, 2.24) is 24.6 Å². The lowest BCUT2D eigenvalue weighted by Gasteiger charge is -2.28. The number of hydrogen-bond donors (Lipinski definition) is 0. The molecule has 7 nitrogen and oxygen atoms in total. The van der Waals surface area contributed by atoms with E-state index >= 15 is 0 Å². The van der Waals surface area contributed by atoms with Crippen molar-refractivity contribution in [2.24, 2.45) is 0 Å².